The van der Waals surface area contributed by atoms with E-state index in [9.17, 15) is 13.2 Å². The lowest BCUT2D eigenvalue weighted by atomic mass is 10.2. The molecule has 0 bridgehead atoms. The summed E-state index contributed by atoms with van der Waals surface area (Å²) in [7, 11) is -3.59. The number of esters is 1. The van der Waals surface area contributed by atoms with Crippen LogP contribution in [0.15, 0.2) is 46.0 Å². The van der Waals surface area contributed by atoms with Gasteiger partial charge in [0.15, 0.2) is 0 Å². The van der Waals surface area contributed by atoms with E-state index in [-0.39, 0.29) is 0 Å². The summed E-state index contributed by atoms with van der Waals surface area (Å²) in [5.74, 6) is -0.412. The van der Waals surface area contributed by atoms with Crippen LogP contribution in [-0.2, 0) is 14.8 Å². The summed E-state index contributed by atoms with van der Waals surface area (Å²) < 4.78 is 32.4. The molecule has 0 saturated heterocycles. The van der Waals surface area contributed by atoms with Crippen LogP contribution < -0.4 is 4.31 Å². The molecule has 1 aromatic carbocycles. The number of anilines is 1. The Bertz CT molecular complexity index is 752. The van der Waals surface area contributed by atoms with Crippen molar-refractivity contribution in [2.75, 3.05) is 17.5 Å². The SMILES string of the molecule is CCCCN(c1ccc(C(=O)OCC)cc1)S(=O)(=O)c1cccs1. The number of benzene rings is 1. The summed E-state index contributed by atoms with van der Waals surface area (Å²) >= 11 is 1.20. The molecule has 0 amide bonds. The summed E-state index contributed by atoms with van der Waals surface area (Å²) in [5, 5.41) is 1.74. The second-order valence-electron chi connectivity index (χ2n) is 5.13. The van der Waals surface area contributed by atoms with Crippen molar-refractivity contribution >= 4 is 33.0 Å². The minimum atomic E-state index is -3.59. The van der Waals surface area contributed by atoms with Crippen molar-refractivity contribution in [3.63, 3.8) is 0 Å². The molecule has 24 heavy (non-hydrogen) atoms. The van der Waals surface area contributed by atoms with Crippen molar-refractivity contribution in [1.82, 2.24) is 0 Å². The average Bonchev–Trinajstić information content (AvgIpc) is 3.11. The van der Waals surface area contributed by atoms with Crippen LogP contribution in [0, 0.1) is 0 Å². The Morgan fingerprint density at radius 2 is 1.88 bits per heavy atom. The molecule has 0 N–H and O–H groups in total. The molecule has 0 atom stereocenters. The van der Waals surface area contributed by atoms with Crippen LogP contribution in [0.2, 0.25) is 0 Å². The van der Waals surface area contributed by atoms with Crippen LogP contribution in [0.3, 0.4) is 0 Å². The second-order valence-corrected chi connectivity index (χ2v) is 8.17. The topological polar surface area (TPSA) is 63.7 Å². The molecule has 0 radical (unpaired) electrons. The maximum atomic E-state index is 12.9. The molecular weight excluding hydrogens is 346 g/mol. The first-order chi connectivity index (χ1) is 11.5. The van der Waals surface area contributed by atoms with Gasteiger partial charge in [-0.05, 0) is 49.1 Å². The zero-order chi connectivity index (χ0) is 17.6. The van der Waals surface area contributed by atoms with Gasteiger partial charge >= 0.3 is 5.97 Å². The van der Waals surface area contributed by atoms with E-state index in [0.717, 1.165) is 12.8 Å². The highest BCUT2D eigenvalue weighted by Crippen LogP contribution is 2.27. The molecule has 2 rings (SSSR count). The van der Waals surface area contributed by atoms with E-state index in [0.29, 0.717) is 28.6 Å². The summed E-state index contributed by atoms with van der Waals surface area (Å²) in [4.78, 5) is 11.7. The Balaban J connectivity index is 2.33. The van der Waals surface area contributed by atoms with Crippen LogP contribution >= 0.6 is 11.3 Å². The van der Waals surface area contributed by atoms with Crippen molar-refractivity contribution in [3.05, 3.63) is 47.3 Å². The number of unbranched alkanes of at least 4 members (excludes halogenated alkanes) is 1. The smallest absolute Gasteiger partial charge is 0.338 e. The summed E-state index contributed by atoms with van der Waals surface area (Å²) in [6.07, 6.45) is 1.64. The molecule has 0 spiro atoms. The maximum Gasteiger partial charge on any atom is 0.338 e. The Hall–Kier alpha value is -1.86. The second kappa shape index (κ2) is 8.30. The van der Waals surface area contributed by atoms with Gasteiger partial charge in [-0.25, -0.2) is 13.2 Å². The lowest BCUT2D eigenvalue weighted by molar-refractivity contribution is 0.0526. The number of sulfonamides is 1. The lowest BCUT2D eigenvalue weighted by Crippen LogP contribution is -2.31. The zero-order valence-corrected chi connectivity index (χ0v) is 15.4. The van der Waals surface area contributed by atoms with Gasteiger partial charge in [-0.3, -0.25) is 4.31 Å². The molecule has 1 aromatic heterocycles. The van der Waals surface area contributed by atoms with Crippen LogP contribution in [0.4, 0.5) is 5.69 Å². The minimum absolute atomic E-state index is 0.302. The van der Waals surface area contributed by atoms with Crippen molar-refractivity contribution in [2.24, 2.45) is 0 Å². The first-order valence-electron chi connectivity index (χ1n) is 7.84. The molecule has 0 aliphatic heterocycles. The first-order valence-corrected chi connectivity index (χ1v) is 10.2. The monoisotopic (exact) mass is 367 g/mol. The van der Waals surface area contributed by atoms with Gasteiger partial charge in [0.1, 0.15) is 4.21 Å². The molecule has 0 aliphatic carbocycles. The first kappa shape index (κ1) is 18.5. The van der Waals surface area contributed by atoms with Gasteiger partial charge in [0, 0.05) is 6.54 Å². The number of carbonyl (C=O) groups excluding carboxylic acids is 1. The highest BCUT2D eigenvalue weighted by Gasteiger charge is 2.25. The molecule has 0 fully saturated rings. The number of hydrogen-bond acceptors (Lipinski definition) is 5. The van der Waals surface area contributed by atoms with Gasteiger partial charge in [0.05, 0.1) is 17.9 Å². The summed E-state index contributed by atoms with van der Waals surface area (Å²) in [5.41, 5.74) is 0.953. The Kier molecular flexibility index (Phi) is 6.39. The van der Waals surface area contributed by atoms with Gasteiger partial charge in [0.2, 0.25) is 0 Å². The molecule has 7 heteroatoms. The quantitative estimate of drug-likeness (QED) is 0.663. The van der Waals surface area contributed by atoms with Crippen molar-refractivity contribution in [3.8, 4) is 0 Å². The van der Waals surface area contributed by atoms with Gasteiger partial charge in [0.25, 0.3) is 10.0 Å². The normalized spacial score (nSPS) is 11.2. The van der Waals surface area contributed by atoms with Crippen molar-refractivity contribution in [2.45, 2.75) is 30.9 Å². The van der Waals surface area contributed by atoms with Crippen LogP contribution in [0.25, 0.3) is 0 Å². The fraction of sp³-hybridized carbons (Fsp3) is 0.353. The highest BCUT2D eigenvalue weighted by atomic mass is 32.2. The standard InChI is InChI=1S/C17H21NO4S2/c1-3-5-12-18(24(20,21)16-7-6-13-23-16)15-10-8-14(9-11-15)17(19)22-4-2/h6-11,13H,3-5,12H2,1-2H3. The number of hydrogen-bond donors (Lipinski definition) is 0. The molecule has 2 aromatic rings. The van der Waals surface area contributed by atoms with E-state index >= 15 is 0 Å². The van der Waals surface area contributed by atoms with Crippen molar-refractivity contribution < 1.29 is 17.9 Å². The fourth-order valence-electron chi connectivity index (χ4n) is 2.19. The Labute approximate surface area is 146 Å². The minimum Gasteiger partial charge on any atom is -0.462 e. The lowest BCUT2D eigenvalue weighted by Gasteiger charge is -2.23. The van der Waals surface area contributed by atoms with Crippen LogP contribution in [-0.4, -0.2) is 27.5 Å². The zero-order valence-electron chi connectivity index (χ0n) is 13.8. The Morgan fingerprint density at radius 1 is 1.17 bits per heavy atom. The number of thiophene rings is 1. The van der Waals surface area contributed by atoms with Gasteiger partial charge in [-0.1, -0.05) is 19.4 Å². The van der Waals surface area contributed by atoms with E-state index < -0.39 is 16.0 Å². The van der Waals surface area contributed by atoms with E-state index in [2.05, 4.69) is 0 Å². The molecule has 0 aliphatic rings. The number of carbonyl (C=O) groups is 1. The summed E-state index contributed by atoms with van der Waals surface area (Å²) in [6.45, 7) is 4.46. The third kappa shape index (κ3) is 4.15. The maximum absolute atomic E-state index is 12.9. The third-order valence-electron chi connectivity index (χ3n) is 3.42. The predicted octanol–water partition coefficient (Wildman–Crippen LogP) is 3.92. The Morgan fingerprint density at radius 3 is 2.42 bits per heavy atom. The average molecular weight is 367 g/mol. The molecule has 0 unspecified atom stereocenters. The molecule has 5 nitrogen and oxygen atoms in total. The fourth-order valence-corrected chi connectivity index (χ4v) is 4.79. The van der Waals surface area contributed by atoms with Gasteiger partial charge in [-0.15, -0.1) is 11.3 Å². The largest absolute Gasteiger partial charge is 0.462 e. The van der Waals surface area contributed by atoms with E-state index in [1.54, 1.807) is 48.7 Å². The number of nitrogens with zero attached hydrogens (tertiary/aromatic N) is 1. The molecular formula is C17H21NO4S2. The van der Waals surface area contributed by atoms with Crippen molar-refractivity contribution in [1.29, 1.82) is 0 Å². The van der Waals surface area contributed by atoms with Gasteiger partial charge in [-0.2, -0.15) is 0 Å². The molecule has 0 saturated carbocycles. The number of rotatable bonds is 8. The van der Waals surface area contributed by atoms with Gasteiger partial charge < -0.3 is 4.74 Å². The van der Waals surface area contributed by atoms with E-state index in [4.69, 9.17) is 4.74 Å². The van der Waals surface area contributed by atoms with Crippen LogP contribution in [0.5, 0.6) is 0 Å². The predicted molar refractivity (Wildman–Crippen MR) is 96.2 cm³/mol. The highest BCUT2D eigenvalue weighted by molar-refractivity contribution is 7.94. The summed E-state index contributed by atoms with van der Waals surface area (Å²) in [6, 6.07) is 9.80. The number of ether oxygens (including phenoxy) is 1. The molecule has 1 heterocycles. The van der Waals surface area contributed by atoms with E-state index in [1.165, 1.54) is 15.6 Å². The third-order valence-corrected chi connectivity index (χ3v) is 6.62. The van der Waals surface area contributed by atoms with E-state index in [1.807, 2.05) is 6.92 Å². The van der Waals surface area contributed by atoms with Crippen LogP contribution in [0.1, 0.15) is 37.0 Å². The molecule has 130 valence electrons.